The van der Waals surface area contributed by atoms with Gasteiger partial charge in [-0.25, -0.2) is 0 Å². The zero-order valence-corrected chi connectivity index (χ0v) is 11.6. The molecule has 0 heterocycles. The van der Waals surface area contributed by atoms with E-state index in [-0.39, 0.29) is 6.10 Å². The lowest BCUT2D eigenvalue weighted by molar-refractivity contribution is 0.134. The molecule has 0 amide bonds. The third-order valence-corrected chi connectivity index (χ3v) is 4.58. The summed E-state index contributed by atoms with van der Waals surface area (Å²) in [5, 5.41) is 9.40. The fourth-order valence-corrected chi connectivity index (χ4v) is 3.64. The van der Waals surface area contributed by atoms with Crippen LogP contribution in [0.1, 0.15) is 31.2 Å². The lowest BCUT2D eigenvalue weighted by Gasteiger charge is -2.24. The average Bonchev–Trinajstić information content (AvgIpc) is 3.03. The van der Waals surface area contributed by atoms with E-state index in [0.717, 1.165) is 12.3 Å². The van der Waals surface area contributed by atoms with Crippen LogP contribution >= 0.6 is 11.6 Å². The van der Waals surface area contributed by atoms with Crippen molar-refractivity contribution in [2.75, 3.05) is 7.11 Å². The number of halogens is 1. The quantitative estimate of drug-likeness (QED) is 0.844. The highest BCUT2D eigenvalue weighted by Crippen LogP contribution is 2.48. The van der Waals surface area contributed by atoms with Gasteiger partial charge >= 0.3 is 0 Å². The predicted molar refractivity (Wildman–Crippen MR) is 72.6 cm³/mol. The molecular formula is C15H16ClNO2. The Bertz CT molecular complexity index is 538. The van der Waals surface area contributed by atoms with Gasteiger partial charge in [0.25, 0.3) is 0 Å². The fraction of sp³-hybridized carbons (Fsp3) is 0.533. The van der Waals surface area contributed by atoms with E-state index in [1.165, 1.54) is 19.3 Å². The normalized spacial score (nSPS) is 28.2. The van der Waals surface area contributed by atoms with Crippen LogP contribution in [0.5, 0.6) is 11.5 Å². The SMILES string of the molecule is COc1cc(C#N)cc(Cl)c1OC1CC2CCC1C2. The predicted octanol–water partition coefficient (Wildman–Crippen LogP) is 3.79. The molecule has 0 aliphatic heterocycles. The first-order chi connectivity index (χ1) is 9.21. The molecule has 4 heteroatoms. The zero-order chi connectivity index (χ0) is 13.4. The van der Waals surface area contributed by atoms with Gasteiger partial charge in [0, 0.05) is 6.07 Å². The molecule has 0 N–H and O–H groups in total. The van der Waals surface area contributed by atoms with Gasteiger partial charge in [-0.05, 0) is 43.6 Å². The molecule has 1 aromatic rings. The minimum Gasteiger partial charge on any atom is -0.493 e. The molecule has 2 fully saturated rings. The first-order valence-electron chi connectivity index (χ1n) is 6.65. The van der Waals surface area contributed by atoms with E-state index in [4.69, 9.17) is 26.3 Å². The number of fused-ring (bicyclic) bond motifs is 2. The summed E-state index contributed by atoms with van der Waals surface area (Å²) >= 11 is 6.22. The number of hydrogen-bond acceptors (Lipinski definition) is 3. The van der Waals surface area contributed by atoms with Crippen LogP contribution in [0.3, 0.4) is 0 Å². The summed E-state index contributed by atoms with van der Waals surface area (Å²) in [4.78, 5) is 0. The molecule has 3 unspecified atom stereocenters. The number of nitrogens with zero attached hydrogens (tertiary/aromatic N) is 1. The largest absolute Gasteiger partial charge is 0.493 e. The molecule has 0 radical (unpaired) electrons. The summed E-state index contributed by atoms with van der Waals surface area (Å²) in [5.74, 6) is 2.60. The lowest BCUT2D eigenvalue weighted by Crippen LogP contribution is -2.23. The van der Waals surface area contributed by atoms with Gasteiger partial charge in [0.2, 0.25) is 0 Å². The Morgan fingerprint density at radius 2 is 2.16 bits per heavy atom. The Morgan fingerprint density at radius 3 is 2.74 bits per heavy atom. The molecule has 2 saturated carbocycles. The van der Waals surface area contributed by atoms with Gasteiger partial charge in [-0.3, -0.25) is 0 Å². The number of benzene rings is 1. The van der Waals surface area contributed by atoms with Crippen molar-refractivity contribution in [2.24, 2.45) is 11.8 Å². The second-order valence-electron chi connectivity index (χ2n) is 5.43. The van der Waals surface area contributed by atoms with Gasteiger partial charge in [-0.2, -0.15) is 5.26 Å². The Balaban J connectivity index is 1.86. The van der Waals surface area contributed by atoms with Crippen LogP contribution in [0, 0.1) is 23.2 Å². The molecule has 2 bridgehead atoms. The van der Waals surface area contributed by atoms with Crippen molar-refractivity contribution in [3.05, 3.63) is 22.7 Å². The van der Waals surface area contributed by atoms with Gasteiger partial charge < -0.3 is 9.47 Å². The molecule has 100 valence electrons. The van der Waals surface area contributed by atoms with E-state index in [1.807, 2.05) is 0 Å². The fourth-order valence-electron chi connectivity index (χ4n) is 3.38. The lowest BCUT2D eigenvalue weighted by atomic mass is 9.98. The molecule has 0 spiro atoms. The average molecular weight is 278 g/mol. The molecule has 2 aliphatic rings. The zero-order valence-electron chi connectivity index (χ0n) is 10.9. The molecule has 2 aliphatic carbocycles. The highest BCUT2D eigenvalue weighted by molar-refractivity contribution is 6.32. The van der Waals surface area contributed by atoms with E-state index < -0.39 is 0 Å². The molecule has 1 aromatic carbocycles. The Hall–Kier alpha value is -1.40. The van der Waals surface area contributed by atoms with E-state index in [2.05, 4.69) is 6.07 Å². The van der Waals surface area contributed by atoms with Crippen LogP contribution < -0.4 is 9.47 Å². The number of hydrogen-bond donors (Lipinski definition) is 0. The second kappa shape index (κ2) is 4.94. The maximum Gasteiger partial charge on any atom is 0.180 e. The maximum absolute atomic E-state index is 8.94. The number of nitriles is 1. The standard InChI is InChI=1S/C15H16ClNO2/c1-18-14-7-10(8-17)5-12(16)15(14)19-13-6-9-2-3-11(13)4-9/h5,7,9,11,13H,2-4,6H2,1H3. The van der Waals surface area contributed by atoms with Crippen LogP contribution in [0.25, 0.3) is 0 Å². The second-order valence-corrected chi connectivity index (χ2v) is 5.84. The molecule has 19 heavy (non-hydrogen) atoms. The Kier molecular flexibility index (Phi) is 3.28. The smallest absolute Gasteiger partial charge is 0.180 e. The van der Waals surface area contributed by atoms with Crippen molar-refractivity contribution in [1.29, 1.82) is 5.26 Å². The minimum atomic E-state index is 0.248. The number of rotatable bonds is 3. The van der Waals surface area contributed by atoms with Crippen LogP contribution in [-0.4, -0.2) is 13.2 Å². The van der Waals surface area contributed by atoms with Crippen LogP contribution in [0.15, 0.2) is 12.1 Å². The molecule has 3 nitrogen and oxygen atoms in total. The van der Waals surface area contributed by atoms with Gasteiger partial charge in [0.15, 0.2) is 11.5 Å². The van der Waals surface area contributed by atoms with Crippen LogP contribution in [0.2, 0.25) is 5.02 Å². The first kappa shape index (κ1) is 12.6. The van der Waals surface area contributed by atoms with Crippen molar-refractivity contribution in [3.63, 3.8) is 0 Å². The third kappa shape index (κ3) is 2.26. The van der Waals surface area contributed by atoms with Gasteiger partial charge in [0.05, 0.1) is 23.8 Å². The molecule has 0 aromatic heterocycles. The van der Waals surface area contributed by atoms with Crippen molar-refractivity contribution >= 4 is 11.6 Å². The van der Waals surface area contributed by atoms with Crippen LogP contribution in [0.4, 0.5) is 0 Å². The summed E-state index contributed by atoms with van der Waals surface area (Å²) in [5.41, 5.74) is 0.488. The maximum atomic E-state index is 8.94. The minimum absolute atomic E-state index is 0.248. The van der Waals surface area contributed by atoms with Crippen molar-refractivity contribution in [1.82, 2.24) is 0 Å². The topological polar surface area (TPSA) is 42.2 Å². The monoisotopic (exact) mass is 277 g/mol. The van der Waals surface area contributed by atoms with Gasteiger partial charge in [-0.15, -0.1) is 0 Å². The first-order valence-corrected chi connectivity index (χ1v) is 7.03. The van der Waals surface area contributed by atoms with E-state index in [9.17, 15) is 0 Å². The Morgan fingerprint density at radius 1 is 1.32 bits per heavy atom. The number of ether oxygens (including phenoxy) is 2. The van der Waals surface area contributed by atoms with E-state index in [0.29, 0.717) is 28.0 Å². The summed E-state index contributed by atoms with van der Waals surface area (Å²) < 4.78 is 11.4. The van der Waals surface area contributed by atoms with Crippen molar-refractivity contribution in [2.45, 2.75) is 31.8 Å². The highest BCUT2D eigenvalue weighted by atomic mass is 35.5. The van der Waals surface area contributed by atoms with Crippen molar-refractivity contribution in [3.8, 4) is 17.6 Å². The summed E-state index contributed by atoms with van der Waals surface area (Å²) in [6.07, 6.45) is 5.23. The third-order valence-electron chi connectivity index (χ3n) is 4.30. The van der Waals surface area contributed by atoms with Crippen LogP contribution in [-0.2, 0) is 0 Å². The number of methoxy groups -OCH3 is 1. The molecule has 0 saturated heterocycles. The summed E-state index contributed by atoms with van der Waals surface area (Å²) in [7, 11) is 1.57. The Labute approximate surface area is 118 Å². The van der Waals surface area contributed by atoms with Gasteiger partial charge in [-0.1, -0.05) is 11.6 Å². The highest BCUT2D eigenvalue weighted by Gasteiger charge is 2.41. The van der Waals surface area contributed by atoms with Gasteiger partial charge in [0.1, 0.15) is 6.10 Å². The molecular weight excluding hydrogens is 262 g/mol. The summed E-state index contributed by atoms with van der Waals surface area (Å²) in [6.45, 7) is 0. The van der Waals surface area contributed by atoms with E-state index in [1.54, 1.807) is 19.2 Å². The molecule has 3 atom stereocenters. The molecule has 3 rings (SSSR count). The van der Waals surface area contributed by atoms with E-state index >= 15 is 0 Å². The summed E-state index contributed by atoms with van der Waals surface area (Å²) in [6, 6.07) is 5.38. The van der Waals surface area contributed by atoms with Crippen molar-refractivity contribution < 1.29 is 9.47 Å².